The lowest BCUT2D eigenvalue weighted by molar-refractivity contribution is 0.0697. The van der Waals surface area contributed by atoms with Crippen molar-refractivity contribution in [3.8, 4) is 0 Å². The molecule has 28 heavy (non-hydrogen) atoms. The Morgan fingerprint density at radius 1 is 1.11 bits per heavy atom. The van der Waals surface area contributed by atoms with Crippen LogP contribution in [0.5, 0.6) is 0 Å². The van der Waals surface area contributed by atoms with Gasteiger partial charge in [-0.15, -0.1) is 0 Å². The van der Waals surface area contributed by atoms with Crippen molar-refractivity contribution in [3.63, 3.8) is 0 Å². The lowest BCUT2D eigenvalue weighted by Crippen LogP contribution is -2.02. The number of nitrogens with one attached hydrogen (secondary N) is 2. The molecular weight excluding hydrogens is 378 g/mol. The number of rotatable bonds is 4. The molecule has 0 bridgehead atoms. The predicted molar refractivity (Wildman–Crippen MR) is 111 cm³/mol. The first-order chi connectivity index (χ1) is 13.5. The zero-order chi connectivity index (χ0) is 19.8. The Kier molecular flexibility index (Phi) is 4.44. The van der Waals surface area contributed by atoms with Crippen LogP contribution in [-0.2, 0) is 0 Å². The number of aromatic nitrogens is 3. The van der Waals surface area contributed by atoms with E-state index in [1.807, 2.05) is 25.1 Å². The number of carbonyl (C=O) groups is 1. The summed E-state index contributed by atoms with van der Waals surface area (Å²) < 4.78 is 0. The number of aryl methyl sites for hydroxylation is 1. The summed E-state index contributed by atoms with van der Waals surface area (Å²) in [6.45, 7) is 1.93. The summed E-state index contributed by atoms with van der Waals surface area (Å²) in [5, 5.41) is 17.6. The van der Waals surface area contributed by atoms with Crippen LogP contribution in [0.2, 0.25) is 5.02 Å². The molecule has 2 aromatic carbocycles. The van der Waals surface area contributed by atoms with Gasteiger partial charge < -0.3 is 15.7 Å². The van der Waals surface area contributed by atoms with Crippen LogP contribution in [0.25, 0.3) is 21.8 Å². The Labute approximate surface area is 165 Å². The van der Waals surface area contributed by atoms with Gasteiger partial charge in [-0.05, 0) is 36.8 Å². The van der Waals surface area contributed by atoms with E-state index in [0.717, 1.165) is 22.0 Å². The van der Waals surface area contributed by atoms with Gasteiger partial charge in [0.2, 0.25) is 5.95 Å². The number of benzene rings is 2. The molecule has 0 saturated heterocycles. The van der Waals surface area contributed by atoms with Crippen molar-refractivity contribution < 1.29 is 9.90 Å². The maximum Gasteiger partial charge on any atom is 0.335 e. The van der Waals surface area contributed by atoms with Gasteiger partial charge >= 0.3 is 5.97 Å². The summed E-state index contributed by atoms with van der Waals surface area (Å²) in [7, 11) is 1.74. The molecule has 2 heterocycles. The second-order valence-electron chi connectivity index (χ2n) is 6.29. The maximum absolute atomic E-state index is 11.3. The average Bonchev–Trinajstić information content (AvgIpc) is 2.70. The minimum atomic E-state index is -1.01. The van der Waals surface area contributed by atoms with E-state index in [1.165, 1.54) is 6.07 Å². The van der Waals surface area contributed by atoms with Crippen LogP contribution in [0.4, 0.5) is 17.5 Å². The molecule has 0 spiro atoms. The van der Waals surface area contributed by atoms with Crippen molar-refractivity contribution in [2.75, 3.05) is 17.7 Å². The number of carboxylic acids is 1. The van der Waals surface area contributed by atoms with Gasteiger partial charge in [-0.25, -0.2) is 19.7 Å². The van der Waals surface area contributed by atoms with Crippen LogP contribution < -0.4 is 10.6 Å². The molecule has 0 aliphatic rings. The number of halogens is 1. The minimum Gasteiger partial charge on any atom is -0.478 e. The van der Waals surface area contributed by atoms with Crippen LogP contribution in [0.1, 0.15) is 15.9 Å². The van der Waals surface area contributed by atoms with E-state index in [2.05, 4.69) is 25.6 Å². The molecule has 0 amide bonds. The summed E-state index contributed by atoms with van der Waals surface area (Å²) in [6, 6.07) is 10.4. The fourth-order valence-electron chi connectivity index (χ4n) is 2.93. The van der Waals surface area contributed by atoms with Crippen LogP contribution in [0, 0.1) is 6.92 Å². The van der Waals surface area contributed by atoms with Crippen molar-refractivity contribution >= 4 is 56.8 Å². The number of aromatic carboxylic acids is 1. The molecule has 0 aliphatic heterocycles. The van der Waals surface area contributed by atoms with Gasteiger partial charge in [0.05, 0.1) is 11.1 Å². The molecule has 3 N–H and O–H groups in total. The van der Waals surface area contributed by atoms with Crippen molar-refractivity contribution in [2.45, 2.75) is 6.92 Å². The van der Waals surface area contributed by atoms with Gasteiger partial charge in [-0.2, -0.15) is 0 Å². The van der Waals surface area contributed by atoms with Crippen LogP contribution in [0.3, 0.4) is 0 Å². The Bertz CT molecular complexity index is 1240. The average molecular weight is 394 g/mol. The van der Waals surface area contributed by atoms with Crippen LogP contribution >= 0.6 is 11.6 Å². The first-order valence-corrected chi connectivity index (χ1v) is 8.89. The molecule has 140 valence electrons. The Morgan fingerprint density at radius 3 is 2.64 bits per heavy atom. The highest BCUT2D eigenvalue weighted by Crippen LogP contribution is 2.31. The van der Waals surface area contributed by atoms with E-state index in [1.54, 1.807) is 25.4 Å². The molecule has 2 aromatic heterocycles. The Hall–Kier alpha value is -3.45. The number of hydrogen-bond donors (Lipinski definition) is 3. The SMILES string of the molecule is CNc1ncc2c(n1)c(Nc1ccc(C)c(Cl)c1)nc1cc(C(=O)O)ccc12. The summed E-state index contributed by atoms with van der Waals surface area (Å²) in [5.41, 5.74) is 3.04. The summed E-state index contributed by atoms with van der Waals surface area (Å²) >= 11 is 6.24. The first-order valence-electron chi connectivity index (χ1n) is 8.51. The number of nitrogens with zero attached hydrogens (tertiary/aromatic N) is 3. The highest BCUT2D eigenvalue weighted by atomic mass is 35.5. The fourth-order valence-corrected chi connectivity index (χ4v) is 3.11. The number of anilines is 3. The number of carboxylic acid groups (broad SMARTS) is 1. The third kappa shape index (κ3) is 3.16. The van der Waals surface area contributed by atoms with Gasteiger partial charge in [0.1, 0.15) is 5.52 Å². The zero-order valence-corrected chi connectivity index (χ0v) is 15.9. The van der Waals surface area contributed by atoms with E-state index < -0.39 is 5.97 Å². The van der Waals surface area contributed by atoms with E-state index in [4.69, 9.17) is 11.6 Å². The molecule has 7 nitrogen and oxygen atoms in total. The standard InChI is InChI=1S/C20H16ClN5O2/c1-10-3-5-12(8-15(10)21)24-18-17-14(9-23-20(22-2)26-17)13-6-4-11(19(27)28)7-16(13)25-18/h3-9H,1-2H3,(H,24,25)(H,27,28)(H,22,23,26). The summed E-state index contributed by atoms with van der Waals surface area (Å²) in [6.07, 6.45) is 1.70. The molecule has 0 fully saturated rings. The third-order valence-corrected chi connectivity index (χ3v) is 4.85. The number of pyridine rings is 1. The van der Waals surface area contributed by atoms with Gasteiger partial charge in [0.25, 0.3) is 0 Å². The first kappa shape index (κ1) is 17.9. The highest BCUT2D eigenvalue weighted by molar-refractivity contribution is 6.31. The quantitative estimate of drug-likeness (QED) is 0.435. The van der Waals surface area contributed by atoms with E-state index in [9.17, 15) is 9.90 Å². The summed E-state index contributed by atoms with van der Waals surface area (Å²) in [5.74, 6) is -0.0601. The molecule has 0 radical (unpaired) electrons. The zero-order valence-electron chi connectivity index (χ0n) is 15.1. The second kappa shape index (κ2) is 6.94. The molecular formula is C20H16ClN5O2. The topological polar surface area (TPSA) is 100 Å². The van der Waals surface area contributed by atoms with E-state index in [-0.39, 0.29) is 5.56 Å². The molecule has 8 heteroatoms. The molecule has 4 aromatic rings. The number of hydrogen-bond acceptors (Lipinski definition) is 6. The summed E-state index contributed by atoms with van der Waals surface area (Å²) in [4.78, 5) is 24.8. The Morgan fingerprint density at radius 2 is 1.93 bits per heavy atom. The molecule has 0 atom stereocenters. The Balaban J connectivity index is 1.96. The van der Waals surface area contributed by atoms with Crippen molar-refractivity contribution in [2.24, 2.45) is 0 Å². The lowest BCUT2D eigenvalue weighted by Gasteiger charge is -2.13. The van der Waals surface area contributed by atoms with Gasteiger partial charge in [0.15, 0.2) is 5.82 Å². The largest absolute Gasteiger partial charge is 0.478 e. The molecule has 0 unspecified atom stereocenters. The van der Waals surface area contributed by atoms with E-state index in [0.29, 0.717) is 27.8 Å². The van der Waals surface area contributed by atoms with Gasteiger partial charge in [-0.3, -0.25) is 0 Å². The smallest absolute Gasteiger partial charge is 0.335 e. The predicted octanol–water partition coefficient (Wildman–Crippen LogP) is 4.62. The van der Waals surface area contributed by atoms with Crippen molar-refractivity contribution in [1.29, 1.82) is 0 Å². The van der Waals surface area contributed by atoms with Crippen LogP contribution in [0.15, 0.2) is 42.6 Å². The van der Waals surface area contributed by atoms with E-state index >= 15 is 0 Å². The van der Waals surface area contributed by atoms with Gasteiger partial charge in [0, 0.05) is 34.7 Å². The third-order valence-electron chi connectivity index (χ3n) is 4.44. The minimum absolute atomic E-state index is 0.163. The van der Waals surface area contributed by atoms with Gasteiger partial charge in [-0.1, -0.05) is 23.7 Å². The second-order valence-corrected chi connectivity index (χ2v) is 6.70. The monoisotopic (exact) mass is 393 g/mol. The van der Waals surface area contributed by atoms with Crippen molar-refractivity contribution in [3.05, 3.63) is 58.7 Å². The molecule has 0 saturated carbocycles. The highest BCUT2D eigenvalue weighted by Gasteiger charge is 2.14. The molecule has 4 rings (SSSR count). The lowest BCUT2D eigenvalue weighted by atomic mass is 10.1. The molecule has 0 aliphatic carbocycles. The van der Waals surface area contributed by atoms with Crippen LogP contribution in [-0.4, -0.2) is 33.1 Å². The normalized spacial score (nSPS) is 11.0. The maximum atomic E-state index is 11.3. The van der Waals surface area contributed by atoms with Crippen molar-refractivity contribution in [1.82, 2.24) is 15.0 Å². The fraction of sp³-hybridized carbons (Fsp3) is 0.100. The number of fused-ring (bicyclic) bond motifs is 3.